The van der Waals surface area contributed by atoms with Crippen molar-refractivity contribution in [2.45, 2.75) is 13.5 Å². The Bertz CT molecular complexity index is 971. The van der Waals surface area contributed by atoms with Crippen LogP contribution in [0.15, 0.2) is 28.4 Å². The van der Waals surface area contributed by atoms with E-state index in [1.807, 2.05) is 0 Å². The number of amides is 1. The largest absolute Gasteiger partial charge is 0.454 e. The highest BCUT2D eigenvalue weighted by molar-refractivity contribution is 7.07. The van der Waals surface area contributed by atoms with Crippen molar-refractivity contribution in [2.75, 3.05) is 11.9 Å². The number of nitrogens with one attached hydrogen (secondary N) is 1. The average molecular weight is 376 g/mol. The maximum Gasteiger partial charge on any atom is 0.326 e. The van der Waals surface area contributed by atoms with Gasteiger partial charge in [0.25, 0.3) is 11.6 Å². The number of hydrogen-bond acceptors (Lipinski definition) is 8. The number of nitro groups is 1. The van der Waals surface area contributed by atoms with E-state index < -0.39 is 23.4 Å². The van der Waals surface area contributed by atoms with Gasteiger partial charge in [0.2, 0.25) is 0 Å². The first-order chi connectivity index (χ1) is 12.3. The highest BCUT2D eigenvalue weighted by atomic mass is 32.1. The Balaban J connectivity index is 1.95. The van der Waals surface area contributed by atoms with Gasteiger partial charge in [0, 0.05) is 23.2 Å². The molecule has 0 aliphatic heterocycles. The molecular weight excluding hydrogens is 364 g/mol. The van der Waals surface area contributed by atoms with Crippen LogP contribution >= 0.6 is 11.3 Å². The molecule has 0 saturated heterocycles. The number of hydrogen-bond donors (Lipinski definition) is 1. The van der Waals surface area contributed by atoms with E-state index in [-0.39, 0.29) is 28.4 Å². The third-order valence-electron chi connectivity index (χ3n) is 3.24. The number of nitriles is 1. The third kappa shape index (κ3) is 4.52. The van der Waals surface area contributed by atoms with Crippen molar-refractivity contribution in [3.8, 4) is 6.07 Å². The van der Waals surface area contributed by atoms with E-state index >= 15 is 0 Å². The van der Waals surface area contributed by atoms with Gasteiger partial charge in [-0.05, 0) is 13.0 Å². The van der Waals surface area contributed by atoms with Gasteiger partial charge in [-0.15, -0.1) is 0 Å². The summed E-state index contributed by atoms with van der Waals surface area (Å²) in [4.78, 5) is 44.8. The first-order valence-corrected chi connectivity index (χ1v) is 7.98. The zero-order chi connectivity index (χ0) is 19.3. The van der Waals surface area contributed by atoms with E-state index in [0.717, 1.165) is 23.5 Å². The van der Waals surface area contributed by atoms with Gasteiger partial charge in [0.1, 0.15) is 12.6 Å². The Morgan fingerprint density at radius 2 is 2.19 bits per heavy atom. The number of non-ortho nitro benzene ring substituents is 1. The fraction of sp³-hybridized carbons (Fsp3) is 0.200. The number of thiazole rings is 1. The second kappa shape index (κ2) is 8.04. The first-order valence-electron chi connectivity index (χ1n) is 7.10. The number of benzene rings is 1. The number of carbonyl (C=O) groups excluding carboxylic acids is 2. The van der Waals surface area contributed by atoms with Crippen molar-refractivity contribution in [1.29, 1.82) is 5.26 Å². The van der Waals surface area contributed by atoms with E-state index in [4.69, 9.17) is 10.00 Å². The quantitative estimate of drug-likeness (QED) is 0.453. The van der Waals surface area contributed by atoms with E-state index in [0.29, 0.717) is 5.69 Å². The zero-order valence-electron chi connectivity index (χ0n) is 13.4. The minimum atomic E-state index is -0.770. The summed E-state index contributed by atoms with van der Waals surface area (Å²) in [7, 11) is 0. The molecule has 1 N–H and O–H groups in total. The smallest absolute Gasteiger partial charge is 0.326 e. The maximum absolute atomic E-state index is 11.8. The molecule has 0 aliphatic rings. The molecule has 1 aromatic carbocycles. The minimum absolute atomic E-state index is 0.0593. The molecule has 0 spiro atoms. The normalized spacial score (nSPS) is 10.0. The van der Waals surface area contributed by atoms with Gasteiger partial charge in [-0.25, -0.2) is 0 Å². The van der Waals surface area contributed by atoms with E-state index in [9.17, 15) is 24.5 Å². The molecule has 1 aromatic heterocycles. The van der Waals surface area contributed by atoms with Crippen molar-refractivity contribution in [2.24, 2.45) is 0 Å². The molecule has 26 heavy (non-hydrogen) atoms. The Morgan fingerprint density at radius 3 is 2.77 bits per heavy atom. The van der Waals surface area contributed by atoms with Crippen LogP contribution in [-0.4, -0.2) is 28.0 Å². The molecule has 0 unspecified atom stereocenters. The van der Waals surface area contributed by atoms with Crippen LogP contribution in [-0.2, 0) is 20.9 Å². The minimum Gasteiger partial charge on any atom is -0.454 e. The predicted octanol–water partition coefficient (Wildman–Crippen LogP) is 1.18. The van der Waals surface area contributed by atoms with Crippen LogP contribution in [0.4, 0.5) is 11.4 Å². The number of rotatable bonds is 6. The Labute approximate surface area is 150 Å². The van der Waals surface area contributed by atoms with Crippen LogP contribution in [0.5, 0.6) is 0 Å². The number of nitro benzene ring substituents is 1. The summed E-state index contributed by atoms with van der Waals surface area (Å²) in [6, 6.07) is 5.11. The monoisotopic (exact) mass is 376 g/mol. The number of carbonyl (C=O) groups is 2. The molecule has 0 fully saturated rings. The van der Waals surface area contributed by atoms with Crippen molar-refractivity contribution in [3.63, 3.8) is 0 Å². The highest BCUT2D eigenvalue weighted by Crippen LogP contribution is 2.21. The number of ether oxygens (including phenoxy) is 1. The second-order valence-corrected chi connectivity index (χ2v) is 5.86. The fourth-order valence-corrected chi connectivity index (χ4v) is 2.68. The molecule has 134 valence electrons. The van der Waals surface area contributed by atoms with Gasteiger partial charge in [-0.2, -0.15) is 5.26 Å². The Morgan fingerprint density at radius 1 is 1.46 bits per heavy atom. The summed E-state index contributed by atoms with van der Waals surface area (Å²) in [5.41, 5.74) is 0.275. The number of aromatic nitrogens is 1. The number of anilines is 1. The number of esters is 1. The molecule has 1 amide bonds. The van der Waals surface area contributed by atoms with Crippen LogP contribution in [0.1, 0.15) is 11.3 Å². The molecule has 2 aromatic rings. The lowest BCUT2D eigenvalue weighted by atomic mass is 10.1. The van der Waals surface area contributed by atoms with Gasteiger partial charge in [-0.3, -0.25) is 29.1 Å². The van der Waals surface area contributed by atoms with Gasteiger partial charge in [-0.1, -0.05) is 11.3 Å². The van der Waals surface area contributed by atoms with Crippen molar-refractivity contribution in [1.82, 2.24) is 4.57 Å². The van der Waals surface area contributed by atoms with Crippen LogP contribution < -0.4 is 10.2 Å². The molecule has 0 bridgehead atoms. The first kappa shape index (κ1) is 18.8. The second-order valence-electron chi connectivity index (χ2n) is 5.04. The summed E-state index contributed by atoms with van der Waals surface area (Å²) < 4.78 is 6.01. The van der Waals surface area contributed by atoms with Crippen molar-refractivity contribution < 1.29 is 19.2 Å². The lowest BCUT2D eigenvalue weighted by molar-refractivity contribution is -0.384. The molecule has 1 heterocycles. The molecule has 0 radical (unpaired) electrons. The molecule has 0 atom stereocenters. The maximum atomic E-state index is 11.8. The summed E-state index contributed by atoms with van der Waals surface area (Å²) in [5, 5.41) is 23.6. The standard InChI is InChI=1S/C15H12N4O6S/c1-9-8-26-15(22)18(9)6-14(21)25-7-13(20)17-12-3-2-11(19(23)24)4-10(12)5-16/h2-4,8H,6-7H2,1H3,(H,17,20). The van der Waals surface area contributed by atoms with Gasteiger partial charge < -0.3 is 10.1 Å². The van der Waals surface area contributed by atoms with Gasteiger partial charge in [0.15, 0.2) is 6.61 Å². The van der Waals surface area contributed by atoms with Gasteiger partial charge >= 0.3 is 10.8 Å². The molecule has 10 nitrogen and oxygen atoms in total. The molecule has 0 saturated carbocycles. The Hall–Kier alpha value is -3.52. The van der Waals surface area contributed by atoms with Crippen LogP contribution in [0.2, 0.25) is 0 Å². The molecule has 0 aliphatic carbocycles. The van der Waals surface area contributed by atoms with E-state index in [1.54, 1.807) is 18.4 Å². The molecular formula is C15H12N4O6S. The zero-order valence-corrected chi connectivity index (χ0v) is 14.2. The average Bonchev–Trinajstić information content (AvgIpc) is 2.92. The van der Waals surface area contributed by atoms with E-state index in [2.05, 4.69) is 5.32 Å². The fourth-order valence-electron chi connectivity index (χ4n) is 1.95. The SMILES string of the molecule is Cc1csc(=O)n1CC(=O)OCC(=O)Nc1ccc([N+](=O)[O-])cc1C#N. The van der Waals surface area contributed by atoms with Gasteiger partial charge in [0.05, 0.1) is 16.2 Å². The van der Waals surface area contributed by atoms with E-state index in [1.165, 1.54) is 10.6 Å². The third-order valence-corrected chi connectivity index (χ3v) is 4.12. The summed E-state index contributed by atoms with van der Waals surface area (Å²) in [6.07, 6.45) is 0. The number of nitrogens with zero attached hydrogens (tertiary/aromatic N) is 3. The topological polar surface area (TPSA) is 144 Å². The summed E-state index contributed by atoms with van der Waals surface area (Å²) in [5.74, 6) is -1.49. The van der Waals surface area contributed by atoms with Crippen LogP contribution in [0.3, 0.4) is 0 Å². The van der Waals surface area contributed by atoms with Crippen LogP contribution in [0.25, 0.3) is 0 Å². The van der Waals surface area contributed by atoms with Crippen LogP contribution in [0, 0.1) is 28.4 Å². The molecule has 11 heteroatoms. The molecule has 2 rings (SSSR count). The lowest BCUT2D eigenvalue weighted by Gasteiger charge is -2.08. The predicted molar refractivity (Wildman–Crippen MR) is 90.7 cm³/mol. The lowest BCUT2D eigenvalue weighted by Crippen LogP contribution is -2.26. The summed E-state index contributed by atoms with van der Waals surface area (Å²) in [6.45, 7) is 0.719. The number of aryl methyl sites for hydroxylation is 1. The van der Waals surface area contributed by atoms with Crippen molar-refractivity contribution in [3.05, 3.63) is 54.6 Å². The Kier molecular flexibility index (Phi) is 5.82. The summed E-state index contributed by atoms with van der Waals surface area (Å²) >= 11 is 0.948. The highest BCUT2D eigenvalue weighted by Gasteiger charge is 2.15. The van der Waals surface area contributed by atoms with Crippen molar-refractivity contribution >= 4 is 34.6 Å².